The number of aliphatic hydroxyl groups is 1. The van der Waals surface area contributed by atoms with Gasteiger partial charge in [-0.25, -0.2) is 4.39 Å². The van der Waals surface area contributed by atoms with Gasteiger partial charge in [-0.3, -0.25) is 0 Å². The maximum atomic E-state index is 13.8. The highest BCUT2D eigenvalue weighted by Gasteiger charge is 2.25. The minimum Gasteiger partial charge on any atom is -0.396 e. The first-order valence-electron chi connectivity index (χ1n) is 6.26. The van der Waals surface area contributed by atoms with Crippen LogP contribution in [0.4, 0.5) is 4.39 Å². The zero-order valence-electron chi connectivity index (χ0n) is 9.83. The molecule has 2 rings (SSSR count). The van der Waals surface area contributed by atoms with Gasteiger partial charge in [0, 0.05) is 6.61 Å². The van der Waals surface area contributed by atoms with Gasteiger partial charge in [0.2, 0.25) is 0 Å². The lowest BCUT2D eigenvalue weighted by Gasteiger charge is -2.21. The lowest BCUT2D eigenvalue weighted by Crippen LogP contribution is -2.19. The van der Waals surface area contributed by atoms with Gasteiger partial charge < -0.3 is 5.11 Å². The second-order valence-corrected chi connectivity index (χ2v) is 5.31. The molecule has 1 atom stereocenters. The van der Waals surface area contributed by atoms with E-state index in [0.29, 0.717) is 17.9 Å². The largest absolute Gasteiger partial charge is 0.396 e. The first kappa shape index (κ1) is 12.8. The zero-order valence-corrected chi connectivity index (χ0v) is 10.6. The minimum absolute atomic E-state index is 0.136. The number of halogens is 2. The van der Waals surface area contributed by atoms with Crippen LogP contribution in [0.5, 0.6) is 0 Å². The molecule has 0 spiro atoms. The standard InChI is InChI=1S/C14H18ClFO/c15-13-7-3-6-11(14(13)16)8-12(9-17)10-4-1-2-5-10/h3,6-7,10,12,17H,1-2,4-5,8-9H2. The van der Waals surface area contributed by atoms with Gasteiger partial charge in [0.05, 0.1) is 5.02 Å². The molecule has 0 saturated heterocycles. The number of benzene rings is 1. The van der Waals surface area contributed by atoms with E-state index in [9.17, 15) is 9.50 Å². The van der Waals surface area contributed by atoms with E-state index in [1.165, 1.54) is 12.8 Å². The lowest BCUT2D eigenvalue weighted by molar-refractivity contribution is 0.175. The quantitative estimate of drug-likeness (QED) is 0.868. The van der Waals surface area contributed by atoms with Crippen molar-refractivity contribution < 1.29 is 9.50 Å². The lowest BCUT2D eigenvalue weighted by atomic mass is 9.86. The number of hydrogen-bond donors (Lipinski definition) is 1. The summed E-state index contributed by atoms with van der Waals surface area (Å²) < 4.78 is 13.8. The van der Waals surface area contributed by atoms with Gasteiger partial charge in [-0.15, -0.1) is 0 Å². The third-order valence-electron chi connectivity index (χ3n) is 3.81. The Morgan fingerprint density at radius 3 is 2.71 bits per heavy atom. The highest BCUT2D eigenvalue weighted by molar-refractivity contribution is 6.30. The van der Waals surface area contributed by atoms with Crippen LogP contribution < -0.4 is 0 Å². The molecular formula is C14H18ClFO. The van der Waals surface area contributed by atoms with Crippen LogP contribution in [0.25, 0.3) is 0 Å². The summed E-state index contributed by atoms with van der Waals surface area (Å²) in [6.07, 6.45) is 5.38. The van der Waals surface area contributed by atoms with Crippen molar-refractivity contribution in [2.45, 2.75) is 32.1 Å². The van der Waals surface area contributed by atoms with Crippen molar-refractivity contribution in [1.82, 2.24) is 0 Å². The molecule has 17 heavy (non-hydrogen) atoms. The highest BCUT2D eigenvalue weighted by atomic mass is 35.5. The molecule has 1 nitrogen and oxygen atoms in total. The van der Waals surface area contributed by atoms with Crippen LogP contribution in [0.2, 0.25) is 5.02 Å². The van der Waals surface area contributed by atoms with Crippen molar-refractivity contribution in [3.63, 3.8) is 0 Å². The predicted octanol–water partition coefficient (Wildman–Crippen LogP) is 3.82. The Morgan fingerprint density at radius 1 is 1.35 bits per heavy atom. The average molecular weight is 257 g/mol. The Hall–Kier alpha value is -0.600. The van der Waals surface area contributed by atoms with Crippen molar-refractivity contribution in [3.05, 3.63) is 34.6 Å². The van der Waals surface area contributed by atoms with Crippen LogP contribution in [0.15, 0.2) is 18.2 Å². The van der Waals surface area contributed by atoms with Gasteiger partial charge in [0.1, 0.15) is 5.82 Å². The normalized spacial score (nSPS) is 18.5. The maximum Gasteiger partial charge on any atom is 0.144 e. The van der Waals surface area contributed by atoms with E-state index in [1.54, 1.807) is 18.2 Å². The number of hydrogen-bond acceptors (Lipinski definition) is 1. The summed E-state index contributed by atoms with van der Waals surface area (Å²) in [5.41, 5.74) is 0.628. The molecule has 0 aliphatic heterocycles. The second-order valence-electron chi connectivity index (χ2n) is 4.90. The third-order valence-corrected chi connectivity index (χ3v) is 4.11. The summed E-state index contributed by atoms with van der Waals surface area (Å²) >= 11 is 5.76. The van der Waals surface area contributed by atoms with Gasteiger partial charge in [-0.1, -0.05) is 49.4 Å². The molecule has 0 aromatic heterocycles. The third kappa shape index (κ3) is 2.99. The van der Waals surface area contributed by atoms with Gasteiger partial charge in [0.15, 0.2) is 0 Å². The topological polar surface area (TPSA) is 20.2 Å². The Morgan fingerprint density at radius 2 is 2.06 bits per heavy atom. The minimum atomic E-state index is -0.328. The molecule has 3 heteroatoms. The molecule has 1 aliphatic carbocycles. The summed E-state index contributed by atoms with van der Waals surface area (Å²) in [6, 6.07) is 5.09. The predicted molar refractivity (Wildman–Crippen MR) is 67.6 cm³/mol. The molecule has 0 heterocycles. The van der Waals surface area contributed by atoms with Crippen LogP contribution >= 0.6 is 11.6 Å². The van der Waals surface area contributed by atoms with E-state index in [0.717, 1.165) is 12.8 Å². The first-order chi connectivity index (χ1) is 8.22. The molecule has 1 N–H and O–H groups in total. The molecule has 1 aromatic rings. The number of aliphatic hydroxyl groups excluding tert-OH is 1. The van der Waals surface area contributed by atoms with Gasteiger partial charge in [-0.05, 0) is 29.9 Å². The highest BCUT2D eigenvalue weighted by Crippen LogP contribution is 2.33. The molecule has 1 aromatic carbocycles. The van der Waals surface area contributed by atoms with E-state index in [1.807, 2.05) is 0 Å². The Kier molecular flexibility index (Phi) is 4.41. The van der Waals surface area contributed by atoms with Gasteiger partial charge >= 0.3 is 0 Å². The van der Waals surface area contributed by atoms with Crippen molar-refractivity contribution in [1.29, 1.82) is 0 Å². The van der Waals surface area contributed by atoms with E-state index >= 15 is 0 Å². The van der Waals surface area contributed by atoms with Crippen LogP contribution in [0, 0.1) is 17.7 Å². The van der Waals surface area contributed by atoms with Crippen LogP contribution in [-0.4, -0.2) is 11.7 Å². The SMILES string of the molecule is OCC(Cc1cccc(Cl)c1F)C1CCCC1. The summed E-state index contributed by atoms with van der Waals surface area (Å²) in [5.74, 6) is 0.384. The molecule has 0 bridgehead atoms. The van der Waals surface area contributed by atoms with Gasteiger partial charge in [-0.2, -0.15) is 0 Å². The molecule has 1 aliphatic rings. The zero-order chi connectivity index (χ0) is 12.3. The summed E-state index contributed by atoms with van der Waals surface area (Å²) in [5, 5.41) is 9.62. The monoisotopic (exact) mass is 256 g/mol. The molecule has 0 radical (unpaired) electrons. The molecule has 0 amide bonds. The van der Waals surface area contributed by atoms with Crippen LogP contribution in [0.3, 0.4) is 0 Å². The van der Waals surface area contributed by atoms with E-state index < -0.39 is 0 Å². The summed E-state index contributed by atoms with van der Waals surface area (Å²) in [7, 11) is 0. The molecular weight excluding hydrogens is 239 g/mol. The molecule has 1 fully saturated rings. The summed E-state index contributed by atoms with van der Waals surface area (Å²) in [4.78, 5) is 0. The van der Waals surface area contributed by atoms with Crippen molar-refractivity contribution in [2.24, 2.45) is 11.8 Å². The average Bonchev–Trinajstić information content (AvgIpc) is 2.85. The maximum absolute atomic E-state index is 13.8. The first-order valence-corrected chi connectivity index (χ1v) is 6.64. The Balaban J connectivity index is 2.09. The Labute approximate surface area is 107 Å². The molecule has 94 valence electrons. The van der Waals surface area contributed by atoms with Gasteiger partial charge in [0.25, 0.3) is 0 Å². The van der Waals surface area contributed by atoms with E-state index in [2.05, 4.69) is 0 Å². The summed E-state index contributed by atoms with van der Waals surface area (Å²) in [6.45, 7) is 0.136. The van der Waals surface area contributed by atoms with E-state index in [4.69, 9.17) is 11.6 Å². The fraction of sp³-hybridized carbons (Fsp3) is 0.571. The van der Waals surface area contributed by atoms with Crippen molar-refractivity contribution >= 4 is 11.6 Å². The smallest absolute Gasteiger partial charge is 0.144 e. The number of rotatable bonds is 4. The van der Waals surface area contributed by atoms with Crippen molar-refractivity contribution in [2.75, 3.05) is 6.61 Å². The van der Waals surface area contributed by atoms with Crippen LogP contribution in [-0.2, 0) is 6.42 Å². The second kappa shape index (κ2) is 5.83. The van der Waals surface area contributed by atoms with Crippen LogP contribution in [0.1, 0.15) is 31.2 Å². The molecule has 1 saturated carbocycles. The van der Waals surface area contributed by atoms with Crippen molar-refractivity contribution in [3.8, 4) is 0 Å². The fourth-order valence-electron chi connectivity index (χ4n) is 2.80. The fourth-order valence-corrected chi connectivity index (χ4v) is 2.99. The molecule has 1 unspecified atom stereocenters. The van der Waals surface area contributed by atoms with E-state index in [-0.39, 0.29) is 23.4 Å². The Bertz CT molecular complexity index is 374.